The lowest BCUT2D eigenvalue weighted by atomic mass is 9.54. The van der Waals surface area contributed by atoms with Crippen LogP contribution in [0.25, 0.3) is 0 Å². The molecule has 5 rings (SSSR count). The summed E-state index contributed by atoms with van der Waals surface area (Å²) in [5, 5.41) is 3.25. The van der Waals surface area contributed by atoms with E-state index in [2.05, 4.69) is 30.4 Å². The highest BCUT2D eigenvalue weighted by Gasteiger charge is 2.58. The molecule has 0 saturated heterocycles. The van der Waals surface area contributed by atoms with Gasteiger partial charge in [-0.25, -0.2) is 0 Å². The molecule has 1 aromatic carbocycles. The van der Waals surface area contributed by atoms with Crippen molar-refractivity contribution in [1.82, 2.24) is 5.32 Å². The fraction of sp³-hybridized carbons (Fsp3) is 0.742. The number of fused-ring (bicyclic) bond motifs is 5. The van der Waals surface area contributed by atoms with E-state index in [0.717, 1.165) is 70.0 Å². The maximum atomic E-state index is 13.2. The van der Waals surface area contributed by atoms with Crippen molar-refractivity contribution in [2.45, 2.75) is 115 Å². The summed E-state index contributed by atoms with van der Waals surface area (Å²) in [5.41, 5.74) is 2.86. The van der Waals surface area contributed by atoms with Gasteiger partial charge in [-0.2, -0.15) is 0 Å². The zero-order valence-electron chi connectivity index (χ0n) is 22.0. The Hall–Kier alpha value is -1.84. The number of carbonyl (C=O) groups excluding carboxylic acids is 2. The Kier molecular flexibility index (Phi) is 7.55. The van der Waals surface area contributed by atoms with E-state index >= 15 is 0 Å². The fourth-order valence-corrected chi connectivity index (χ4v) is 8.43. The standard InChI is InChI=1S/C31H45NO3/c1-31-18-17-26-25-16-14-24(35-2)19-21(25)13-15-27(26)30(31)22(20-28(31)33)9-5-3-8-12-29(34)32-23-10-6-4-7-11-23/h14,16,19,22-23,26-27,30H,3-13,15,17-18,20H2,1-2H3,(H,32,34)/t22-,26?,27?,30?,31-/m1/s1. The van der Waals surface area contributed by atoms with Crippen LogP contribution < -0.4 is 10.1 Å². The van der Waals surface area contributed by atoms with Crippen LogP contribution in [0.2, 0.25) is 0 Å². The second kappa shape index (κ2) is 10.6. The topological polar surface area (TPSA) is 55.4 Å². The van der Waals surface area contributed by atoms with E-state index in [1.54, 1.807) is 7.11 Å². The maximum Gasteiger partial charge on any atom is 0.220 e. The number of hydrogen-bond acceptors (Lipinski definition) is 3. The van der Waals surface area contributed by atoms with Gasteiger partial charge in [0.15, 0.2) is 0 Å². The summed E-state index contributed by atoms with van der Waals surface area (Å²) in [4.78, 5) is 25.6. The van der Waals surface area contributed by atoms with Crippen molar-refractivity contribution in [3.63, 3.8) is 0 Å². The molecule has 192 valence electrons. The highest BCUT2D eigenvalue weighted by atomic mass is 16.5. The van der Waals surface area contributed by atoms with Gasteiger partial charge in [-0.15, -0.1) is 0 Å². The van der Waals surface area contributed by atoms with Crippen LogP contribution in [0.1, 0.15) is 114 Å². The van der Waals surface area contributed by atoms with Crippen molar-refractivity contribution in [2.24, 2.45) is 23.2 Å². The van der Waals surface area contributed by atoms with E-state index in [1.807, 2.05) is 0 Å². The Morgan fingerprint density at radius 1 is 1.09 bits per heavy atom. The molecule has 5 atom stereocenters. The first-order valence-corrected chi connectivity index (χ1v) is 14.5. The Bertz CT molecular complexity index is 920. The average Bonchev–Trinajstić information content (AvgIpc) is 3.13. The van der Waals surface area contributed by atoms with Crippen LogP contribution in [0, 0.1) is 23.2 Å². The summed E-state index contributed by atoms with van der Waals surface area (Å²) in [6.07, 6.45) is 16.4. The van der Waals surface area contributed by atoms with E-state index in [1.165, 1.54) is 36.8 Å². The van der Waals surface area contributed by atoms with Gasteiger partial charge >= 0.3 is 0 Å². The molecule has 0 spiro atoms. The molecule has 0 aliphatic heterocycles. The molecule has 3 saturated carbocycles. The minimum atomic E-state index is -0.115. The molecular formula is C31H45NO3. The van der Waals surface area contributed by atoms with Crippen LogP contribution in [0.15, 0.2) is 18.2 Å². The van der Waals surface area contributed by atoms with E-state index in [-0.39, 0.29) is 11.3 Å². The van der Waals surface area contributed by atoms with Gasteiger partial charge in [0.2, 0.25) is 5.91 Å². The quantitative estimate of drug-likeness (QED) is 0.420. The first kappa shape index (κ1) is 24.8. The van der Waals surface area contributed by atoms with Crippen LogP contribution in [-0.4, -0.2) is 24.8 Å². The van der Waals surface area contributed by atoms with Gasteiger partial charge in [-0.1, -0.05) is 45.1 Å². The number of Topliss-reactive ketones (excluding diaryl/α,β-unsaturated/α-hetero) is 1. The minimum absolute atomic E-state index is 0.115. The van der Waals surface area contributed by atoms with E-state index in [0.29, 0.717) is 41.9 Å². The van der Waals surface area contributed by atoms with Gasteiger partial charge < -0.3 is 10.1 Å². The van der Waals surface area contributed by atoms with Crippen molar-refractivity contribution in [1.29, 1.82) is 0 Å². The number of methoxy groups -OCH3 is 1. The minimum Gasteiger partial charge on any atom is -0.497 e. The van der Waals surface area contributed by atoms with Gasteiger partial charge in [0.25, 0.3) is 0 Å². The first-order valence-electron chi connectivity index (χ1n) is 14.5. The molecule has 35 heavy (non-hydrogen) atoms. The van der Waals surface area contributed by atoms with Crippen LogP contribution in [-0.2, 0) is 16.0 Å². The zero-order chi connectivity index (χ0) is 24.4. The van der Waals surface area contributed by atoms with Crippen molar-refractivity contribution >= 4 is 11.7 Å². The predicted octanol–water partition coefficient (Wildman–Crippen LogP) is 6.75. The monoisotopic (exact) mass is 479 g/mol. The Morgan fingerprint density at radius 3 is 2.71 bits per heavy atom. The molecular weight excluding hydrogens is 434 g/mol. The Labute approximate surface area is 212 Å². The number of ketones is 1. The summed E-state index contributed by atoms with van der Waals surface area (Å²) in [7, 11) is 1.75. The van der Waals surface area contributed by atoms with Gasteiger partial charge in [-0.3, -0.25) is 9.59 Å². The molecule has 4 heteroatoms. The SMILES string of the molecule is COc1ccc2c(c1)CCC1C2CC[C@]2(C)C(=O)C[C@@H](CCCCCC(=O)NC3CCCCC3)C12. The van der Waals surface area contributed by atoms with Crippen molar-refractivity contribution in [2.75, 3.05) is 7.11 Å². The summed E-state index contributed by atoms with van der Waals surface area (Å²) < 4.78 is 5.48. The van der Waals surface area contributed by atoms with E-state index < -0.39 is 0 Å². The highest BCUT2D eigenvalue weighted by Crippen LogP contribution is 2.62. The number of hydrogen-bond donors (Lipinski definition) is 1. The van der Waals surface area contributed by atoms with Crippen molar-refractivity contribution in [3.05, 3.63) is 29.3 Å². The fourth-order valence-electron chi connectivity index (χ4n) is 8.43. The number of carbonyl (C=O) groups is 2. The average molecular weight is 480 g/mol. The third-order valence-electron chi connectivity index (χ3n) is 10.2. The molecule has 1 N–H and O–H groups in total. The van der Waals surface area contributed by atoms with E-state index in [4.69, 9.17) is 4.74 Å². The molecule has 1 amide bonds. The number of aryl methyl sites for hydroxylation is 1. The Balaban J connectivity index is 1.16. The first-order chi connectivity index (χ1) is 17.0. The number of ether oxygens (including phenoxy) is 1. The van der Waals surface area contributed by atoms with Gasteiger partial charge in [0, 0.05) is 24.3 Å². The van der Waals surface area contributed by atoms with Crippen LogP contribution in [0.5, 0.6) is 5.75 Å². The second-order valence-electron chi connectivity index (χ2n) is 12.2. The summed E-state index contributed by atoms with van der Waals surface area (Å²) in [6.45, 7) is 2.29. The molecule has 1 aromatic rings. The molecule has 0 bridgehead atoms. The number of benzene rings is 1. The molecule has 0 radical (unpaired) electrons. The van der Waals surface area contributed by atoms with Crippen LogP contribution in [0.4, 0.5) is 0 Å². The van der Waals surface area contributed by atoms with Gasteiger partial charge in [-0.05, 0) is 98.3 Å². The molecule has 4 aliphatic rings. The lowest BCUT2D eigenvalue weighted by molar-refractivity contribution is -0.129. The second-order valence-corrected chi connectivity index (χ2v) is 12.2. The maximum absolute atomic E-state index is 13.2. The molecule has 0 heterocycles. The number of unbranched alkanes of at least 4 members (excludes halogenated alkanes) is 2. The van der Waals surface area contributed by atoms with Crippen LogP contribution >= 0.6 is 0 Å². The Morgan fingerprint density at radius 2 is 1.91 bits per heavy atom. The largest absolute Gasteiger partial charge is 0.497 e. The number of rotatable bonds is 8. The lowest BCUT2D eigenvalue weighted by Crippen LogP contribution is -2.44. The van der Waals surface area contributed by atoms with Gasteiger partial charge in [0.1, 0.15) is 11.5 Å². The molecule has 4 aliphatic carbocycles. The third kappa shape index (κ3) is 5.04. The summed E-state index contributed by atoms with van der Waals surface area (Å²) >= 11 is 0. The third-order valence-corrected chi connectivity index (χ3v) is 10.2. The van der Waals surface area contributed by atoms with Crippen molar-refractivity contribution < 1.29 is 14.3 Å². The lowest BCUT2D eigenvalue weighted by Gasteiger charge is -2.50. The number of amides is 1. The predicted molar refractivity (Wildman–Crippen MR) is 140 cm³/mol. The smallest absolute Gasteiger partial charge is 0.220 e. The van der Waals surface area contributed by atoms with Gasteiger partial charge in [0.05, 0.1) is 7.11 Å². The number of nitrogens with one attached hydrogen (secondary N) is 1. The van der Waals surface area contributed by atoms with Crippen LogP contribution in [0.3, 0.4) is 0 Å². The van der Waals surface area contributed by atoms with E-state index in [9.17, 15) is 9.59 Å². The summed E-state index contributed by atoms with van der Waals surface area (Å²) in [6, 6.07) is 7.08. The van der Waals surface area contributed by atoms with Crippen molar-refractivity contribution in [3.8, 4) is 5.75 Å². The molecule has 4 nitrogen and oxygen atoms in total. The molecule has 0 aromatic heterocycles. The normalized spacial score (nSPS) is 32.5. The zero-order valence-corrected chi connectivity index (χ0v) is 22.0. The molecule has 3 fully saturated rings. The molecule has 3 unspecified atom stereocenters. The summed E-state index contributed by atoms with van der Waals surface area (Å²) in [5.74, 6) is 4.01. The highest BCUT2D eigenvalue weighted by molar-refractivity contribution is 5.87.